The maximum absolute atomic E-state index is 11.6. The summed E-state index contributed by atoms with van der Waals surface area (Å²) in [6.07, 6.45) is 0.633. The molecule has 0 heterocycles. The molecule has 0 saturated heterocycles. The normalized spacial score (nSPS) is 12.2. The first-order valence-electron chi connectivity index (χ1n) is 5.27. The SMILES string of the molecule is CC(O)CCNC(=O)Cc1ccccc1I. The van der Waals surface area contributed by atoms with Crippen molar-refractivity contribution in [2.24, 2.45) is 0 Å². The van der Waals surface area contributed by atoms with Crippen molar-refractivity contribution in [2.45, 2.75) is 25.9 Å². The molecule has 4 heteroatoms. The summed E-state index contributed by atoms with van der Waals surface area (Å²) in [5.74, 6) is 0.00441. The van der Waals surface area contributed by atoms with Crippen molar-refractivity contribution in [2.75, 3.05) is 6.54 Å². The molecule has 0 aliphatic heterocycles. The van der Waals surface area contributed by atoms with Crippen LogP contribution in [0.3, 0.4) is 0 Å². The minimum absolute atomic E-state index is 0.00441. The fourth-order valence-electron chi connectivity index (χ4n) is 1.30. The molecule has 1 atom stereocenters. The van der Waals surface area contributed by atoms with Crippen LogP contribution in [0.5, 0.6) is 0 Å². The van der Waals surface area contributed by atoms with E-state index < -0.39 is 0 Å². The van der Waals surface area contributed by atoms with E-state index in [0.717, 1.165) is 9.13 Å². The lowest BCUT2D eigenvalue weighted by Crippen LogP contribution is -2.28. The summed E-state index contributed by atoms with van der Waals surface area (Å²) < 4.78 is 1.10. The summed E-state index contributed by atoms with van der Waals surface area (Å²) in [5.41, 5.74) is 1.04. The fraction of sp³-hybridized carbons (Fsp3) is 0.417. The highest BCUT2D eigenvalue weighted by Gasteiger charge is 2.05. The number of amides is 1. The van der Waals surface area contributed by atoms with E-state index in [0.29, 0.717) is 19.4 Å². The zero-order chi connectivity index (χ0) is 12.0. The van der Waals surface area contributed by atoms with Gasteiger partial charge in [0.2, 0.25) is 5.91 Å². The number of hydrogen-bond acceptors (Lipinski definition) is 2. The van der Waals surface area contributed by atoms with E-state index >= 15 is 0 Å². The Balaban J connectivity index is 2.37. The summed E-state index contributed by atoms with van der Waals surface area (Å²) in [6.45, 7) is 2.24. The maximum Gasteiger partial charge on any atom is 0.224 e. The molecule has 0 bridgehead atoms. The third-order valence-corrected chi connectivity index (χ3v) is 3.25. The van der Waals surface area contributed by atoms with Crippen molar-refractivity contribution in [1.82, 2.24) is 5.32 Å². The van der Waals surface area contributed by atoms with Gasteiger partial charge in [-0.2, -0.15) is 0 Å². The largest absolute Gasteiger partial charge is 0.393 e. The molecule has 1 unspecified atom stereocenters. The van der Waals surface area contributed by atoms with Gasteiger partial charge in [0, 0.05) is 10.1 Å². The minimum atomic E-state index is -0.364. The molecular weight excluding hydrogens is 317 g/mol. The number of aliphatic hydroxyl groups excluding tert-OH is 1. The number of nitrogens with one attached hydrogen (secondary N) is 1. The number of rotatable bonds is 5. The Bertz CT molecular complexity index is 353. The average molecular weight is 333 g/mol. The Morgan fingerprint density at radius 2 is 2.19 bits per heavy atom. The Labute approximate surface area is 109 Å². The van der Waals surface area contributed by atoms with E-state index in [1.54, 1.807) is 6.92 Å². The van der Waals surface area contributed by atoms with Crippen molar-refractivity contribution < 1.29 is 9.90 Å². The number of aliphatic hydroxyl groups is 1. The van der Waals surface area contributed by atoms with Gasteiger partial charge < -0.3 is 10.4 Å². The van der Waals surface area contributed by atoms with Crippen LogP contribution in [0.25, 0.3) is 0 Å². The smallest absolute Gasteiger partial charge is 0.224 e. The van der Waals surface area contributed by atoms with Crippen molar-refractivity contribution in [3.63, 3.8) is 0 Å². The minimum Gasteiger partial charge on any atom is -0.393 e. The first-order valence-corrected chi connectivity index (χ1v) is 6.35. The Morgan fingerprint density at radius 3 is 2.81 bits per heavy atom. The van der Waals surface area contributed by atoms with Gasteiger partial charge in [-0.05, 0) is 47.6 Å². The molecule has 0 fully saturated rings. The summed E-state index contributed by atoms with van der Waals surface area (Å²) in [5, 5.41) is 11.8. The summed E-state index contributed by atoms with van der Waals surface area (Å²) >= 11 is 2.22. The maximum atomic E-state index is 11.6. The summed E-state index contributed by atoms with van der Waals surface area (Å²) in [4.78, 5) is 11.6. The number of benzene rings is 1. The van der Waals surface area contributed by atoms with Gasteiger partial charge in [0.15, 0.2) is 0 Å². The highest BCUT2D eigenvalue weighted by Crippen LogP contribution is 2.11. The number of carbonyl (C=O) groups excluding carboxylic acids is 1. The van der Waals surface area contributed by atoms with Gasteiger partial charge in [-0.3, -0.25) is 4.79 Å². The third-order valence-electron chi connectivity index (χ3n) is 2.19. The molecule has 0 aromatic heterocycles. The molecule has 1 amide bonds. The highest BCUT2D eigenvalue weighted by atomic mass is 127. The molecule has 88 valence electrons. The van der Waals surface area contributed by atoms with Crippen LogP contribution in [-0.2, 0) is 11.2 Å². The van der Waals surface area contributed by atoms with Gasteiger partial charge in [-0.1, -0.05) is 18.2 Å². The first kappa shape index (κ1) is 13.4. The van der Waals surface area contributed by atoms with Crippen LogP contribution in [0, 0.1) is 3.57 Å². The standard InChI is InChI=1S/C12H16INO2/c1-9(15)6-7-14-12(16)8-10-4-2-3-5-11(10)13/h2-5,9,15H,6-8H2,1H3,(H,14,16). The van der Waals surface area contributed by atoms with Crippen molar-refractivity contribution in [1.29, 1.82) is 0 Å². The zero-order valence-corrected chi connectivity index (χ0v) is 11.4. The van der Waals surface area contributed by atoms with Gasteiger partial charge in [0.25, 0.3) is 0 Å². The Morgan fingerprint density at radius 1 is 1.50 bits per heavy atom. The van der Waals surface area contributed by atoms with E-state index in [-0.39, 0.29) is 12.0 Å². The van der Waals surface area contributed by atoms with Crippen molar-refractivity contribution >= 4 is 28.5 Å². The molecule has 0 aliphatic rings. The molecule has 3 nitrogen and oxygen atoms in total. The van der Waals surface area contributed by atoms with Gasteiger partial charge in [-0.25, -0.2) is 0 Å². The molecule has 2 N–H and O–H groups in total. The molecule has 0 spiro atoms. The van der Waals surface area contributed by atoms with Gasteiger partial charge in [0.05, 0.1) is 12.5 Å². The lowest BCUT2D eigenvalue weighted by atomic mass is 10.1. The van der Waals surface area contributed by atoms with Crippen molar-refractivity contribution in [3.05, 3.63) is 33.4 Å². The van der Waals surface area contributed by atoms with Crippen LogP contribution in [0.2, 0.25) is 0 Å². The van der Waals surface area contributed by atoms with Crippen LogP contribution in [0.1, 0.15) is 18.9 Å². The predicted octanol–water partition coefficient (Wildman–Crippen LogP) is 1.72. The van der Waals surface area contributed by atoms with Crippen LogP contribution in [-0.4, -0.2) is 23.7 Å². The van der Waals surface area contributed by atoms with Crippen LogP contribution in [0.4, 0.5) is 0 Å². The van der Waals surface area contributed by atoms with Gasteiger partial charge in [0.1, 0.15) is 0 Å². The second kappa shape index (κ2) is 6.85. The van der Waals surface area contributed by atoms with E-state index in [1.807, 2.05) is 24.3 Å². The lowest BCUT2D eigenvalue weighted by molar-refractivity contribution is -0.120. The molecule has 16 heavy (non-hydrogen) atoms. The molecule has 1 aromatic carbocycles. The van der Waals surface area contributed by atoms with Gasteiger partial charge in [-0.15, -0.1) is 0 Å². The van der Waals surface area contributed by atoms with E-state index in [1.165, 1.54) is 0 Å². The molecule has 1 aromatic rings. The number of halogens is 1. The Hall–Kier alpha value is -0.620. The van der Waals surface area contributed by atoms with E-state index in [2.05, 4.69) is 27.9 Å². The second-order valence-electron chi connectivity index (χ2n) is 3.76. The topological polar surface area (TPSA) is 49.3 Å². The van der Waals surface area contributed by atoms with Crippen LogP contribution < -0.4 is 5.32 Å². The quantitative estimate of drug-likeness (QED) is 0.806. The van der Waals surface area contributed by atoms with E-state index in [9.17, 15) is 4.79 Å². The molecule has 1 rings (SSSR count). The molecular formula is C12H16INO2. The monoisotopic (exact) mass is 333 g/mol. The molecule has 0 saturated carbocycles. The Kier molecular flexibility index (Phi) is 5.76. The van der Waals surface area contributed by atoms with Crippen molar-refractivity contribution in [3.8, 4) is 0 Å². The zero-order valence-electron chi connectivity index (χ0n) is 9.24. The van der Waals surface area contributed by atoms with Crippen LogP contribution in [0.15, 0.2) is 24.3 Å². The van der Waals surface area contributed by atoms with Gasteiger partial charge >= 0.3 is 0 Å². The lowest BCUT2D eigenvalue weighted by Gasteiger charge is -2.07. The summed E-state index contributed by atoms with van der Waals surface area (Å²) in [7, 11) is 0. The third kappa shape index (κ3) is 4.94. The predicted molar refractivity (Wildman–Crippen MR) is 72.2 cm³/mol. The number of hydrogen-bond donors (Lipinski definition) is 2. The molecule has 0 radical (unpaired) electrons. The first-order chi connectivity index (χ1) is 7.59. The fourth-order valence-corrected chi connectivity index (χ4v) is 1.88. The summed E-state index contributed by atoms with van der Waals surface area (Å²) in [6, 6.07) is 7.83. The number of carbonyl (C=O) groups is 1. The van der Waals surface area contributed by atoms with Crippen LogP contribution >= 0.6 is 22.6 Å². The van der Waals surface area contributed by atoms with E-state index in [4.69, 9.17) is 5.11 Å². The second-order valence-corrected chi connectivity index (χ2v) is 4.92. The average Bonchev–Trinajstić information content (AvgIpc) is 2.21. The highest BCUT2D eigenvalue weighted by molar-refractivity contribution is 14.1. The molecule has 0 aliphatic carbocycles.